The molecule has 0 aliphatic carbocycles. The van der Waals surface area contributed by atoms with E-state index in [1.807, 2.05) is 20.8 Å². The van der Waals surface area contributed by atoms with Crippen molar-refractivity contribution in [2.45, 2.75) is 39.3 Å². The fourth-order valence-corrected chi connectivity index (χ4v) is 1.67. The molecule has 1 heterocycles. The van der Waals surface area contributed by atoms with Crippen LogP contribution in [0, 0.1) is 0 Å². The number of amides is 1. The fraction of sp³-hybridized carbons (Fsp3) is 0.500. The van der Waals surface area contributed by atoms with E-state index in [2.05, 4.69) is 31.5 Å². The highest BCUT2D eigenvalue weighted by molar-refractivity contribution is 9.10. The summed E-state index contributed by atoms with van der Waals surface area (Å²) in [4.78, 5) is 16.0. The van der Waals surface area contributed by atoms with Crippen molar-refractivity contribution in [3.63, 3.8) is 0 Å². The molecule has 0 aliphatic heterocycles. The Hall–Kier alpha value is -1.30. The maximum Gasteiger partial charge on any atom is 0.242 e. The number of halogens is 1. The quantitative estimate of drug-likeness (QED) is 0.798. The van der Waals surface area contributed by atoms with E-state index in [4.69, 9.17) is 5.73 Å². The molecular weight excluding hydrogens is 296 g/mol. The molecule has 5 nitrogen and oxygen atoms in total. The predicted molar refractivity (Wildman–Crippen MR) is 77.3 cm³/mol. The maximum atomic E-state index is 11.9. The van der Waals surface area contributed by atoms with E-state index in [1.165, 1.54) is 0 Å². The van der Waals surface area contributed by atoms with Gasteiger partial charge in [-0.3, -0.25) is 4.79 Å². The molecule has 1 aromatic heterocycles. The van der Waals surface area contributed by atoms with Crippen LogP contribution in [0.5, 0.6) is 0 Å². The number of anilines is 2. The van der Waals surface area contributed by atoms with Crippen LogP contribution in [-0.4, -0.2) is 22.5 Å². The Kier molecular flexibility index (Phi) is 4.56. The Morgan fingerprint density at radius 1 is 1.50 bits per heavy atom. The van der Waals surface area contributed by atoms with Gasteiger partial charge in [-0.2, -0.15) is 0 Å². The highest BCUT2D eigenvalue weighted by atomic mass is 79.9. The molecule has 1 atom stereocenters. The van der Waals surface area contributed by atoms with Crippen molar-refractivity contribution in [3.05, 3.63) is 16.7 Å². The van der Waals surface area contributed by atoms with Gasteiger partial charge in [0.25, 0.3) is 0 Å². The molecule has 0 bridgehead atoms. The van der Waals surface area contributed by atoms with Gasteiger partial charge in [-0.1, -0.05) is 0 Å². The van der Waals surface area contributed by atoms with E-state index >= 15 is 0 Å². The summed E-state index contributed by atoms with van der Waals surface area (Å²) < 4.78 is 0.803. The Morgan fingerprint density at radius 2 is 2.11 bits per heavy atom. The van der Waals surface area contributed by atoms with Gasteiger partial charge in [0, 0.05) is 16.2 Å². The molecule has 6 heteroatoms. The number of hydrogen-bond acceptors (Lipinski definition) is 4. The summed E-state index contributed by atoms with van der Waals surface area (Å²) in [5.74, 6) is 0.418. The Balaban J connectivity index is 2.69. The molecular formula is C12H19BrN4O. The lowest BCUT2D eigenvalue weighted by Crippen LogP contribution is -2.47. The fourth-order valence-electron chi connectivity index (χ4n) is 1.32. The first-order valence-corrected chi connectivity index (χ1v) is 6.48. The van der Waals surface area contributed by atoms with Gasteiger partial charge in [0.05, 0.1) is 5.69 Å². The van der Waals surface area contributed by atoms with Gasteiger partial charge < -0.3 is 16.4 Å². The smallest absolute Gasteiger partial charge is 0.242 e. The van der Waals surface area contributed by atoms with Crippen LogP contribution in [0.3, 0.4) is 0 Å². The molecule has 0 aliphatic rings. The molecule has 0 fully saturated rings. The van der Waals surface area contributed by atoms with E-state index in [0.29, 0.717) is 11.5 Å². The average molecular weight is 315 g/mol. The molecule has 4 N–H and O–H groups in total. The van der Waals surface area contributed by atoms with E-state index in [-0.39, 0.29) is 11.4 Å². The second kappa shape index (κ2) is 5.56. The molecule has 100 valence electrons. The number of aromatic nitrogens is 1. The van der Waals surface area contributed by atoms with E-state index in [1.54, 1.807) is 19.2 Å². The van der Waals surface area contributed by atoms with Crippen LogP contribution in [0.15, 0.2) is 16.7 Å². The van der Waals surface area contributed by atoms with Crippen LogP contribution in [0.1, 0.15) is 27.7 Å². The van der Waals surface area contributed by atoms with Crippen LogP contribution >= 0.6 is 15.9 Å². The van der Waals surface area contributed by atoms with Crippen molar-refractivity contribution in [2.75, 3.05) is 11.1 Å². The average Bonchev–Trinajstić information content (AvgIpc) is 2.19. The Bertz CT molecular complexity index is 442. The first-order chi connectivity index (χ1) is 8.19. The van der Waals surface area contributed by atoms with Crippen molar-refractivity contribution >= 4 is 33.3 Å². The topological polar surface area (TPSA) is 80.0 Å². The van der Waals surface area contributed by atoms with Crippen molar-refractivity contribution in [1.29, 1.82) is 0 Å². The number of rotatable bonds is 3. The highest BCUT2D eigenvalue weighted by Gasteiger charge is 2.19. The third-order valence-corrected chi connectivity index (χ3v) is 2.56. The SMILES string of the molecule is CC(Nc1ncc(Br)cc1N)C(=O)NC(C)(C)C. The molecule has 1 amide bonds. The highest BCUT2D eigenvalue weighted by Crippen LogP contribution is 2.20. The number of pyridine rings is 1. The zero-order valence-corrected chi connectivity index (χ0v) is 12.6. The van der Waals surface area contributed by atoms with Gasteiger partial charge in [0.2, 0.25) is 5.91 Å². The Morgan fingerprint density at radius 3 is 2.61 bits per heavy atom. The zero-order valence-electron chi connectivity index (χ0n) is 11.0. The van der Waals surface area contributed by atoms with Crippen LogP contribution in [0.25, 0.3) is 0 Å². The summed E-state index contributed by atoms with van der Waals surface area (Å²) >= 11 is 3.28. The standard InChI is InChI=1S/C12H19BrN4O/c1-7(11(18)17-12(2,3)4)16-10-9(14)5-8(13)6-15-10/h5-7H,14H2,1-4H3,(H,15,16)(H,17,18). The minimum Gasteiger partial charge on any atom is -0.396 e. The van der Waals surface area contributed by atoms with Crippen molar-refractivity contribution in [1.82, 2.24) is 10.3 Å². The zero-order chi connectivity index (χ0) is 13.9. The van der Waals surface area contributed by atoms with Crippen molar-refractivity contribution < 1.29 is 4.79 Å². The number of nitrogen functional groups attached to an aromatic ring is 1. The molecule has 1 rings (SSSR count). The number of nitrogens with one attached hydrogen (secondary N) is 2. The number of nitrogens with zero attached hydrogens (tertiary/aromatic N) is 1. The lowest BCUT2D eigenvalue weighted by Gasteiger charge is -2.24. The molecule has 0 saturated carbocycles. The monoisotopic (exact) mass is 314 g/mol. The lowest BCUT2D eigenvalue weighted by molar-refractivity contribution is -0.122. The predicted octanol–water partition coefficient (Wildman–Crippen LogP) is 2.14. The minimum absolute atomic E-state index is 0.0911. The third kappa shape index (κ3) is 4.52. The van der Waals surface area contributed by atoms with Gasteiger partial charge in [0.1, 0.15) is 11.9 Å². The van der Waals surface area contributed by atoms with E-state index in [9.17, 15) is 4.79 Å². The van der Waals surface area contributed by atoms with Crippen molar-refractivity contribution in [2.24, 2.45) is 0 Å². The molecule has 0 spiro atoms. The van der Waals surface area contributed by atoms with Gasteiger partial charge in [-0.15, -0.1) is 0 Å². The molecule has 0 aromatic carbocycles. The second-order valence-corrected chi connectivity index (χ2v) is 6.11. The first kappa shape index (κ1) is 14.8. The molecule has 1 aromatic rings. The summed E-state index contributed by atoms with van der Waals surface area (Å²) in [6.45, 7) is 7.57. The Labute approximate surface area is 116 Å². The summed E-state index contributed by atoms with van der Waals surface area (Å²) in [5.41, 5.74) is 6.05. The van der Waals surface area contributed by atoms with Crippen LogP contribution in [-0.2, 0) is 4.79 Å². The second-order valence-electron chi connectivity index (χ2n) is 5.20. The lowest BCUT2D eigenvalue weighted by atomic mass is 10.1. The first-order valence-electron chi connectivity index (χ1n) is 5.68. The van der Waals surface area contributed by atoms with E-state index in [0.717, 1.165) is 4.47 Å². The molecule has 0 radical (unpaired) electrons. The van der Waals surface area contributed by atoms with Crippen LogP contribution in [0.2, 0.25) is 0 Å². The van der Waals surface area contributed by atoms with Gasteiger partial charge in [-0.25, -0.2) is 4.98 Å². The van der Waals surface area contributed by atoms with Crippen molar-refractivity contribution in [3.8, 4) is 0 Å². The number of hydrogen-bond donors (Lipinski definition) is 3. The summed E-state index contributed by atoms with van der Waals surface area (Å²) in [5, 5.41) is 5.88. The van der Waals surface area contributed by atoms with Crippen LogP contribution in [0.4, 0.5) is 11.5 Å². The summed E-state index contributed by atoms with van der Waals surface area (Å²) in [6.07, 6.45) is 1.63. The van der Waals surface area contributed by atoms with Gasteiger partial charge in [-0.05, 0) is 49.7 Å². The third-order valence-electron chi connectivity index (χ3n) is 2.13. The molecule has 0 saturated heterocycles. The molecule has 1 unspecified atom stereocenters. The normalized spacial score (nSPS) is 12.9. The van der Waals surface area contributed by atoms with Gasteiger partial charge >= 0.3 is 0 Å². The largest absolute Gasteiger partial charge is 0.396 e. The minimum atomic E-state index is -0.403. The number of nitrogens with two attached hydrogens (primary N) is 1. The number of carbonyl (C=O) groups excluding carboxylic acids is 1. The summed E-state index contributed by atoms with van der Waals surface area (Å²) in [7, 11) is 0. The van der Waals surface area contributed by atoms with Crippen LogP contribution < -0.4 is 16.4 Å². The maximum absolute atomic E-state index is 11.9. The summed E-state index contributed by atoms with van der Waals surface area (Å²) in [6, 6.07) is 1.34. The van der Waals surface area contributed by atoms with Gasteiger partial charge in [0.15, 0.2) is 0 Å². The van der Waals surface area contributed by atoms with E-state index < -0.39 is 6.04 Å². The molecule has 18 heavy (non-hydrogen) atoms. The number of carbonyl (C=O) groups is 1.